The first-order valence-electron chi connectivity index (χ1n) is 9.89. The Bertz CT molecular complexity index is 944. The third-order valence-corrected chi connectivity index (χ3v) is 6.73. The summed E-state index contributed by atoms with van der Waals surface area (Å²) < 4.78 is 0. The van der Waals surface area contributed by atoms with Crippen molar-refractivity contribution in [1.29, 1.82) is 0 Å². The van der Waals surface area contributed by atoms with Crippen molar-refractivity contribution >= 4 is 17.2 Å². The molecule has 1 aliphatic rings. The van der Waals surface area contributed by atoms with Crippen LogP contribution in [0.3, 0.4) is 0 Å². The maximum absolute atomic E-state index is 6.16. The van der Waals surface area contributed by atoms with Gasteiger partial charge in [0.1, 0.15) is 5.82 Å². The van der Waals surface area contributed by atoms with Crippen molar-refractivity contribution in [1.82, 2.24) is 19.9 Å². The zero-order valence-corrected chi connectivity index (χ0v) is 17.4. The number of rotatable bonds is 5. The molecule has 1 aliphatic heterocycles. The minimum atomic E-state index is 0.589. The van der Waals surface area contributed by atoms with Crippen LogP contribution in [0.1, 0.15) is 40.6 Å². The highest BCUT2D eigenvalue weighted by Crippen LogP contribution is 2.35. The van der Waals surface area contributed by atoms with Gasteiger partial charge in [-0.2, -0.15) is 0 Å². The summed E-state index contributed by atoms with van der Waals surface area (Å²) in [4.78, 5) is 17.0. The van der Waals surface area contributed by atoms with Crippen molar-refractivity contribution in [2.45, 2.75) is 38.5 Å². The van der Waals surface area contributed by atoms with E-state index >= 15 is 0 Å². The van der Waals surface area contributed by atoms with Crippen LogP contribution >= 0.6 is 11.3 Å². The number of nitrogen functional groups attached to an aromatic ring is 1. The summed E-state index contributed by atoms with van der Waals surface area (Å²) in [6, 6.07) is 6.38. The highest BCUT2D eigenvalue weighted by molar-refractivity contribution is 7.15. The third-order valence-electron chi connectivity index (χ3n) is 5.52. The van der Waals surface area contributed by atoms with E-state index in [0.717, 1.165) is 42.8 Å². The SMILES string of the molecule is Cc1cc(CCc2cc(-c3cnc(C4CCN(C)CC4)s3)cnc2N)ccn1. The molecule has 146 valence electrons. The van der Waals surface area contributed by atoms with Gasteiger partial charge in [0.2, 0.25) is 0 Å². The Morgan fingerprint density at radius 2 is 1.93 bits per heavy atom. The van der Waals surface area contributed by atoms with Crippen LogP contribution in [0.5, 0.6) is 0 Å². The second-order valence-corrected chi connectivity index (χ2v) is 8.78. The molecule has 3 aromatic heterocycles. The summed E-state index contributed by atoms with van der Waals surface area (Å²) in [7, 11) is 2.19. The van der Waals surface area contributed by atoms with Crippen molar-refractivity contribution in [3.8, 4) is 10.4 Å². The lowest BCUT2D eigenvalue weighted by atomic mass is 9.98. The van der Waals surface area contributed by atoms with Crippen LogP contribution in [-0.4, -0.2) is 40.0 Å². The van der Waals surface area contributed by atoms with Crippen LogP contribution in [0.4, 0.5) is 5.82 Å². The fraction of sp³-hybridized carbons (Fsp3) is 0.409. The molecular weight excluding hydrogens is 366 g/mol. The number of thiazole rings is 1. The number of aryl methyl sites for hydroxylation is 3. The number of nitrogens with two attached hydrogens (primary N) is 1. The molecule has 0 aliphatic carbocycles. The summed E-state index contributed by atoms with van der Waals surface area (Å²) in [5.41, 5.74) is 10.7. The molecule has 28 heavy (non-hydrogen) atoms. The molecule has 0 atom stereocenters. The quantitative estimate of drug-likeness (QED) is 0.707. The fourth-order valence-electron chi connectivity index (χ4n) is 3.76. The van der Waals surface area contributed by atoms with Gasteiger partial charge in [0.15, 0.2) is 0 Å². The summed E-state index contributed by atoms with van der Waals surface area (Å²) in [5, 5.41) is 1.26. The Balaban J connectivity index is 1.49. The topological polar surface area (TPSA) is 67.9 Å². The number of aromatic nitrogens is 3. The highest BCUT2D eigenvalue weighted by Gasteiger charge is 2.21. The molecule has 2 N–H and O–H groups in total. The summed E-state index contributed by atoms with van der Waals surface area (Å²) in [6.07, 6.45) is 9.94. The van der Waals surface area contributed by atoms with Gasteiger partial charge in [0.05, 0.1) is 9.88 Å². The third kappa shape index (κ3) is 4.39. The molecule has 6 heteroatoms. The lowest BCUT2D eigenvalue weighted by Crippen LogP contribution is -2.29. The molecule has 0 saturated carbocycles. The molecular formula is C22H27N5S. The highest BCUT2D eigenvalue weighted by atomic mass is 32.1. The van der Waals surface area contributed by atoms with Crippen molar-refractivity contribution in [2.24, 2.45) is 0 Å². The minimum absolute atomic E-state index is 0.589. The number of pyridine rings is 2. The number of nitrogens with zero attached hydrogens (tertiary/aromatic N) is 4. The molecule has 0 bridgehead atoms. The average molecular weight is 394 g/mol. The van der Waals surface area contributed by atoms with Gasteiger partial charge in [-0.3, -0.25) is 4.98 Å². The predicted octanol–water partition coefficient (Wildman–Crippen LogP) is 4.09. The second-order valence-electron chi connectivity index (χ2n) is 7.71. The van der Waals surface area contributed by atoms with Gasteiger partial charge in [-0.05, 0) is 82.1 Å². The van der Waals surface area contributed by atoms with Crippen LogP contribution in [0, 0.1) is 6.92 Å². The zero-order chi connectivity index (χ0) is 19.5. The largest absolute Gasteiger partial charge is 0.383 e. The van der Waals surface area contributed by atoms with Gasteiger partial charge < -0.3 is 10.6 Å². The molecule has 5 nitrogen and oxygen atoms in total. The molecule has 1 saturated heterocycles. The first kappa shape index (κ1) is 19.0. The lowest BCUT2D eigenvalue weighted by molar-refractivity contribution is 0.255. The average Bonchev–Trinajstić information content (AvgIpc) is 3.18. The van der Waals surface area contributed by atoms with Crippen molar-refractivity contribution in [2.75, 3.05) is 25.9 Å². The van der Waals surface area contributed by atoms with Gasteiger partial charge in [-0.15, -0.1) is 11.3 Å². The van der Waals surface area contributed by atoms with E-state index in [0.29, 0.717) is 11.7 Å². The van der Waals surface area contributed by atoms with Crippen molar-refractivity contribution in [3.05, 3.63) is 58.6 Å². The van der Waals surface area contributed by atoms with E-state index in [1.54, 1.807) is 11.3 Å². The van der Waals surface area contributed by atoms with E-state index in [1.807, 2.05) is 25.5 Å². The molecule has 3 aromatic rings. The Morgan fingerprint density at radius 1 is 1.11 bits per heavy atom. The lowest BCUT2D eigenvalue weighted by Gasteiger charge is -2.27. The van der Waals surface area contributed by atoms with Crippen LogP contribution in [0.2, 0.25) is 0 Å². The Kier molecular flexibility index (Phi) is 5.69. The van der Waals surface area contributed by atoms with Crippen LogP contribution < -0.4 is 5.73 Å². The van der Waals surface area contributed by atoms with E-state index in [4.69, 9.17) is 10.7 Å². The zero-order valence-electron chi connectivity index (χ0n) is 16.6. The molecule has 0 aromatic carbocycles. The van der Waals surface area contributed by atoms with Crippen LogP contribution in [0.15, 0.2) is 36.8 Å². The predicted molar refractivity (Wildman–Crippen MR) is 116 cm³/mol. The van der Waals surface area contributed by atoms with E-state index in [9.17, 15) is 0 Å². The van der Waals surface area contributed by atoms with Gasteiger partial charge in [-0.25, -0.2) is 9.97 Å². The molecule has 4 heterocycles. The van der Waals surface area contributed by atoms with E-state index in [2.05, 4.69) is 40.1 Å². The summed E-state index contributed by atoms with van der Waals surface area (Å²) >= 11 is 1.81. The monoisotopic (exact) mass is 393 g/mol. The molecule has 0 unspecified atom stereocenters. The molecule has 0 amide bonds. The van der Waals surface area contributed by atoms with Gasteiger partial charge in [0, 0.05) is 35.8 Å². The van der Waals surface area contributed by atoms with Gasteiger partial charge >= 0.3 is 0 Å². The Labute approximate surface area is 170 Å². The second kappa shape index (κ2) is 8.37. The number of piperidine rings is 1. The number of anilines is 1. The van der Waals surface area contributed by atoms with Gasteiger partial charge in [0.25, 0.3) is 0 Å². The smallest absolute Gasteiger partial charge is 0.126 e. The number of hydrogen-bond acceptors (Lipinski definition) is 6. The first-order valence-corrected chi connectivity index (χ1v) is 10.7. The minimum Gasteiger partial charge on any atom is -0.383 e. The molecule has 1 fully saturated rings. The van der Waals surface area contributed by atoms with E-state index in [-0.39, 0.29) is 0 Å². The van der Waals surface area contributed by atoms with Crippen LogP contribution in [-0.2, 0) is 12.8 Å². The molecule has 0 radical (unpaired) electrons. The standard InChI is InChI=1S/C22H27N5S/c1-15-11-16(5-8-24-15)3-4-18-12-19(13-25-21(18)23)20-14-26-22(28-20)17-6-9-27(2)10-7-17/h5,8,11-14,17H,3-4,6-7,9-10H2,1-2H3,(H2,23,25). The van der Waals surface area contributed by atoms with E-state index < -0.39 is 0 Å². The maximum Gasteiger partial charge on any atom is 0.126 e. The van der Waals surface area contributed by atoms with Gasteiger partial charge in [-0.1, -0.05) is 0 Å². The Hall–Kier alpha value is -2.31. The number of likely N-dealkylation sites (tertiary alicyclic amines) is 1. The summed E-state index contributed by atoms with van der Waals surface area (Å²) in [5.74, 6) is 1.21. The molecule has 4 rings (SSSR count). The van der Waals surface area contributed by atoms with Crippen LogP contribution in [0.25, 0.3) is 10.4 Å². The van der Waals surface area contributed by atoms with E-state index in [1.165, 1.54) is 28.3 Å². The Morgan fingerprint density at radius 3 is 2.71 bits per heavy atom. The fourth-order valence-corrected chi connectivity index (χ4v) is 4.83. The number of hydrogen-bond donors (Lipinski definition) is 1. The first-order chi connectivity index (χ1) is 13.6. The molecule has 0 spiro atoms. The maximum atomic E-state index is 6.16. The summed E-state index contributed by atoms with van der Waals surface area (Å²) in [6.45, 7) is 4.33. The normalized spacial score (nSPS) is 15.8. The van der Waals surface area contributed by atoms with Crippen molar-refractivity contribution < 1.29 is 0 Å². The van der Waals surface area contributed by atoms with Crippen molar-refractivity contribution in [3.63, 3.8) is 0 Å².